The minimum atomic E-state index is -3.87. The molecule has 2 aromatic carbocycles. The van der Waals surface area contributed by atoms with Crippen LogP contribution >= 0.6 is 22.9 Å². The summed E-state index contributed by atoms with van der Waals surface area (Å²) in [6.45, 7) is 0. The van der Waals surface area contributed by atoms with E-state index in [1.807, 2.05) is 41.8 Å². The maximum Gasteiger partial charge on any atom is 0.280 e. The number of hydrogen-bond acceptors (Lipinski definition) is 4. The number of carbonyl (C=O) groups excluding carboxylic acids is 1. The zero-order valence-electron chi connectivity index (χ0n) is 16.4. The van der Waals surface area contributed by atoms with Gasteiger partial charge in [0.1, 0.15) is 11.9 Å². The third kappa shape index (κ3) is 4.65. The van der Waals surface area contributed by atoms with Crippen molar-refractivity contribution >= 4 is 44.7 Å². The molecule has 1 aliphatic rings. The first-order valence-corrected chi connectivity index (χ1v) is 12.1. The summed E-state index contributed by atoms with van der Waals surface area (Å²) < 4.78 is 42.4. The molecule has 6 nitrogen and oxygen atoms in total. The number of carbonyl (C=O) groups is 1. The number of anilines is 1. The number of hydrogen-bond donors (Lipinski definition) is 2. The van der Waals surface area contributed by atoms with Gasteiger partial charge < -0.3 is 5.32 Å². The van der Waals surface area contributed by atoms with Crippen molar-refractivity contribution in [3.05, 3.63) is 75.7 Å². The second-order valence-corrected chi connectivity index (χ2v) is 10.3. The third-order valence-electron chi connectivity index (χ3n) is 5.13. The van der Waals surface area contributed by atoms with Crippen LogP contribution in [0, 0.1) is 5.82 Å². The molecular weight excluding hydrogens is 461 g/mol. The summed E-state index contributed by atoms with van der Waals surface area (Å²) in [6, 6.07) is 14.0. The van der Waals surface area contributed by atoms with Crippen LogP contribution in [0.15, 0.2) is 60.0 Å². The molecule has 0 spiro atoms. The lowest BCUT2D eigenvalue weighted by Gasteiger charge is -2.35. The fraction of sp³-hybridized carbons (Fsp3) is 0.190. The van der Waals surface area contributed by atoms with Gasteiger partial charge in [-0.25, -0.2) is 4.39 Å². The fourth-order valence-electron chi connectivity index (χ4n) is 3.41. The zero-order chi connectivity index (χ0) is 22.2. The highest BCUT2D eigenvalue weighted by Gasteiger charge is 2.41. The van der Waals surface area contributed by atoms with Crippen LogP contribution in [0.3, 0.4) is 0 Å². The van der Waals surface area contributed by atoms with Gasteiger partial charge in [0.15, 0.2) is 0 Å². The van der Waals surface area contributed by atoms with Crippen molar-refractivity contribution in [3.63, 3.8) is 0 Å². The first-order valence-electron chi connectivity index (χ1n) is 9.39. The van der Waals surface area contributed by atoms with Crippen LogP contribution in [-0.4, -0.2) is 31.7 Å². The van der Waals surface area contributed by atoms with E-state index in [2.05, 4.69) is 10.0 Å². The Bertz CT molecular complexity index is 1220. The lowest BCUT2D eigenvalue weighted by Crippen LogP contribution is -2.55. The van der Waals surface area contributed by atoms with E-state index >= 15 is 0 Å². The van der Waals surface area contributed by atoms with E-state index in [1.165, 1.54) is 30.5 Å². The van der Waals surface area contributed by atoms with Gasteiger partial charge in [0.2, 0.25) is 5.91 Å². The Hall–Kier alpha value is -2.30. The highest BCUT2D eigenvalue weighted by atomic mass is 35.5. The number of nitrogens with one attached hydrogen (secondary N) is 2. The van der Waals surface area contributed by atoms with Crippen LogP contribution in [0.4, 0.5) is 10.1 Å². The van der Waals surface area contributed by atoms with Gasteiger partial charge in [-0.05, 0) is 47.2 Å². The Morgan fingerprint density at radius 2 is 1.94 bits per heavy atom. The average Bonchev–Trinajstić information content (AvgIpc) is 3.23. The molecular formula is C21H19ClFN3O3S2. The van der Waals surface area contributed by atoms with E-state index in [9.17, 15) is 17.6 Å². The van der Waals surface area contributed by atoms with Gasteiger partial charge >= 0.3 is 0 Å². The fourth-order valence-corrected chi connectivity index (χ4v) is 5.92. The van der Waals surface area contributed by atoms with Crippen molar-refractivity contribution in [2.24, 2.45) is 0 Å². The summed E-state index contributed by atoms with van der Waals surface area (Å²) in [5.74, 6) is -1.12. The maximum absolute atomic E-state index is 13.4. The Balaban J connectivity index is 1.57. The summed E-state index contributed by atoms with van der Waals surface area (Å²) >= 11 is 7.21. The summed E-state index contributed by atoms with van der Waals surface area (Å²) in [5.41, 5.74) is 2.31. The van der Waals surface area contributed by atoms with E-state index in [0.717, 1.165) is 26.4 Å². The van der Waals surface area contributed by atoms with Crippen LogP contribution in [0.2, 0.25) is 5.02 Å². The largest absolute Gasteiger partial charge is 0.325 e. The van der Waals surface area contributed by atoms with Gasteiger partial charge in [0.05, 0.1) is 11.1 Å². The zero-order valence-corrected chi connectivity index (χ0v) is 18.8. The number of nitrogens with zero attached hydrogens (tertiary/aromatic N) is 1. The first-order chi connectivity index (χ1) is 14.7. The molecule has 162 valence electrons. The van der Waals surface area contributed by atoms with Crippen molar-refractivity contribution < 1.29 is 17.6 Å². The van der Waals surface area contributed by atoms with Crippen LogP contribution in [0.5, 0.6) is 0 Å². The van der Waals surface area contributed by atoms with Gasteiger partial charge in [0, 0.05) is 17.6 Å². The van der Waals surface area contributed by atoms with Crippen molar-refractivity contribution in [3.8, 4) is 11.1 Å². The smallest absolute Gasteiger partial charge is 0.280 e. The number of thiophene rings is 1. The van der Waals surface area contributed by atoms with Crippen LogP contribution < -0.4 is 10.0 Å². The molecule has 2 N–H and O–H groups in total. The number of benzene rings is 2. The highest BCUT2D eigenvalue weighted by molar-refractivity contribution is 7.87. The Morgan fingerprint density at radius 1 is 1.19 bits per heavy atom. The van der Waals surface area contributed by atoms with Gasteiger partial charge in [0.25, 0.3) is 10.2 Å². The normalized spacial score (nSPS) is 21.0. The van der Waals surface area contributed by atoms with Gasteiger partial charge in [-0.15, -0.1) is 11.3 Å². The number of likely N-dealkylation sites (N-methyl/N-ethyl adjacent to an activating group) is 1. The molecule has 1 amide bonds. The second-order valence-electron chi connectivity index (χ2n) is 7.17. The lowest BCUT2D eigenvalue weighted by atomic mass is 10.0. The predicted octanol–water partition coefficient (Wildman–Crippen LogP) is 4.43. The molecule has 2 heterocycles. The first kappa shape index (κ1) is 21.9. The number of rotatable bonds is 4. The van der Waals surface area contributed by atoms with E-state index in [-0.39, 0.29) is 11.4 Å². The quantitative estimate of drug-likeness (QED) is 0.581. The molecule has 0 radical (unpaired) electrons. The van der Waals surface area contributed by atoms with E-state index < -0.39 is 34.0 Å². The molecule has 0 aliphatic carbocycles. The van der Waals surface area contributed by atoms with Gasteiger partial charge in [-0.1, -0.05) is 41.9 Å². The number of halogens is 2. The molecule has 1 fully saturated rings. The van der Waals surface area contributed by atoms with E-state index in [4.69, 9.17) is 11.6 Å². The molecule has 0 saturated carbocycles. The lowest BCUT2D eigenvalue weighted by molar-refractivity contribution is -0.120. The highest BCUT2D eigenvalue weighted by Crippen LogP contribution is 2.35. The molecule has 10 heteroatoms. The molecule has 1 saturated heterocycles. The molecule has 2 unspecified atom stereocenters. The molecule has 1 aliphatic heterocycles. The van der Waals surface area contributed by atoms with E-state index in [1.54, 1.807) is 0 Å². The van der Waals surface area contributed by atoms with Gasteiger partial charge in [-0.3, -0.25) is 4.79 Å². The Labute approximate surface area is 188 Å². The predicted molar refractivity (Wildman–Crippen MR) is 121 cm³/mol. The molecule has 1 aromatic heterocycles. The maximum atomic E-state index is 13.4. The van der Waals surface area contributed by atoms with E-state index in [0.29, 0.717) is 5.69 Å². The molecule has 0 bridgehead atoms. The second kappa shape index (κ2) is 8.68. The van der Waals surface area contributed by atoms with Crippen molar-refractivity contribution in [1.29, 1.82) is 0 Å². The van der Waals surface area contributed by atoms with Crippen LogP contribution in [0.1, 0.15) is 17.3 Å². The molecule has 3 aromatic rings. The topological polar surface area (TPSA) is 78.5 Å². The SMILES string of the molecule is CN1C(C(=O)Nc2ccc(F)c(Cl)c2)CC(c2cc(-c3ccccc3)cs2)NS1(=O)=O. The monoisotopic (exact) mass is 479 g/mol. The average molecular weight is 480 g/mol. The molecule has 4 rings (SSSR count). The number of amides is 1. The third-order valence-corrected chi connectivity index (χ3v) is 8.06. The van der Waals surface area contributed by atoms with Crippen molar-refractivity contribution in [1.82, 2.24) is 9.03 Å². The van der Waals surface area contributed by atoms with Crippen molar-refractivity contribution in [2.45, 2.75) is 18.5 Å². The minimum absolute atomic E-state index is 0.131. The molecule has 2 atom stereocenters. The van der Waals surface area contributed by atoms with Crippen molar-refractivity contribution in [2.75, 3.05) is 12.4 Å². The summed E-state index contributed by atoms with van der Waals surface area (Å²) in [5, 5.41) is 4.47. The van der Waals surface area contributed by atoms with Crippen LogP contribution in [0.25, 0.3) is 11.1 Å². The Morgan fingerprint density at radius 3 is 2.65 bits per heavy atom. The standard InChI is InChI=1S/C21H19ClFN3O3S2/c1-26-19(21(27)24-15-7-8-17(23)16(22)10-15)11-18(25-31(26,28)29)20-9-14(12-30-20)13-5-3-2-4-6-13/h2-10,12,18-19,25H,11H2,1H3,(H,24,27). The summed E-state index contributed by atoms with van der Waals surface area (Å²) in [4.78, 5) is 13.7. The summed E-state index contributed by atoms with van der Waals surface area (Å²) in [7, 11) is -2.52. The minimum Gasteiger partial charge on any atom is -0.325 e. The summed E-state index contributed by atoms with van der Waals surface area (Å²) in [6.07, 6.45) is 0.241. The Kier molecular flexibility index (Phi) is 6.14. The van der Waals surface area contributed by atoms with Crippen LogP contribution in [-0.2, 0) is 15.0 Å². The molecule has 31 heavy (non-hydrogen) atoms. The van der Waals surface area contributed by atoms with Gasteiger partial charge in [-0.2, -0.15) is 17.4 Å².